The zero-order chi connectivity index (χ0) is 21.0. The smallest absolute Gasteiger partial charge is 0.258 e. The van der Waals surface area contributed by atoms with Crippen molar-refractivity contribution in [2.24, 2.45) is 0 Å². The third-order valence-corrected chi connectivity index (χ3v) is 4.80. The summed E-state index contributed by atoms with van der Waals surface area (Å²) in [4.78, 5) is 15.1. The summed E-state index contributed by atoms with van der Waals surface area (Å²) in [6.45, 7) is 0. The van der Waals surface area contributed by atoms with E-state index in [0.717, 1.165) is 29.9 Å². The molecule has 0 atom stereocenters. The van der Waals surface area contributed by atoms with E-state index in [2.05, 4.69) is 15.7 Å². The molecule has 0 radical (unpaired) electrons. The molecule has 11 heteroatoms. The minimum atomic E-state index is -4.94. The highest BCUT2D eigenvalue weighted by atomic mass is 35.7. The average molecular weight is 423 g/mol. The topological polar surface area (TPSA) is 157 Å². The van der Waals surface area contributed by atoms with E-state index in [-0.39, 0.29) is 10.6 Å². The van der Waals surface area contributed by atoms with Crippen molar-refractivity contribution in [1.82, 2.24) is 9.55 Å². The van der Waals surface area contributed by atoms with Crippen molar-refractivity contribution in [2.75, 3.05) is 0 Å². The fourth-order valence-electron chi connectivity index (χ4n) is 3.63. The monoisotopic (exact) mass is 422 g/mol. The number of halogens is 1. The molecule has 1 aliphatic carbocycles. The molecular formula is C18H19ClN4O6. The number of fused-ring (bicyclic) bond motifs is 1. The molecule has 1 saturated carbocycles. The van der Waals surface area contributed by atoms with Gasteiger partial charge in [0, 0.05) is 23.8 Å². The Balaban J connectivity index is 0.000000431. The maximum Gasteiger partial charge on any atom is 0.403 e. The Labute approximate surface area is 168 Å². The SMILES string of the molecule is O=[N+]([O-])c1ccc(-c2c[n+]3cccnc3n2C2CCCCC2)cc1.[O-][Cl+3]([O-])([O-])[O-]. The first-order valence-electron chi connectivity index (χ1n) is 8.98. The molecule has 0 saturated heterocycles. The first-order chi connectivity index (χ1) is 13.7. The van der Waals surface area contributed by atoms with E-state index in [1.165, 1.54) is 19.3 Å². The third-order valence-electron chi connectivity index (χ3n) is 4.80. The van der Waals surface area contributed by atoms with Crippen LogP contribution in [-0.4, -0.2) is 14.5 Å². The second-order valence-corrected chi connectivity index (χ2v) is 7.44. The van der Waals surface area contributed by atoms with Gasteiger partial charge >= 0.3 is 5.78 Å². The molecule has 0 aliphatic heterocycles. The number of rotatable bonds is 3. The number of non-ortho nitro benzene ring substituents is 1. The Hall–Kier alpha value is -2.63. The van der Waals surface area contributed by atoms with Gasteiger partial charge in [-0.2, -0.15) is 0 Å². The highest BCUT2D eigenvalue weighted by Gasteiger charge is 2.27. The van der Waals surface area contributed by atoms with Gasteiger partial charge in [0.1, 0.15) is 18.1 Å². The van der Waals surface area contributed by atoms with Crippen molar-refractivity contribution >= 4 is 11.5 Å². The van der Waals surface area contributed by atoms with E-state index in [1.54, 1.807) is 12.1 Å². The first kappa shape index (κ1) is 21.1. The minimum absolute atomic E-state index is 0.116. The van der Waals surface area contributed by atoms with Crippen LogP contribution < -0.4 is 23.0 Å². The maximum atomic E-state index is 10.9. The summed E-state index contributed by atoms with van der Waals surface area (Å²) in [5.74, 6) is 0.928. The van der Waals surface area contributed by atoms with Gasteiger partial charge in [-0.1, -0.05) is 11.4 Å². The van der Waals surface area contributed by atoms with Gasteiger partial charge in [0.2, 0.25) is 0 Å². The quantitative estimate of drug-likeness (QED) is 0.296. The highest BCUT2D eigenvalue weighted by molar-refractivity contribution is 5.62. The Morgan fingerprint density at radius 3 is 2.28 bits per heavy atom. The van der Waals surface area contributed by atoms with Crippen molar-refractivity contribution < 1.29 is 38.2 Å². The van der Waals surface area contributed by atoms with Gasteiger partial charge in [0.25, 0.3) is 5.69 Å². The number of benzene rings is 1. The molecule has 29 heavy (non-hydrogen) atoms. The van der Waals surface area contributed by atoms with E-state index >= 15 is 0 Å². The number of nitro benzene ring substituents is 1. The maximum absolute atomic E-state index is 10.9. The van der Waals surface area contributed by atoms with Crippen LogP contribution in [0.2, 0.25) is 0 Å². The Kier molecular flexibility index (Phi) is 6.40. The van der Waals surface area contributed by atoms with Crippen LogP contribution in [0.1, 0.15) is 38.1 Å². The number of hydrogen-bond donors (Lipinski definition) is 0. The number of aromatic nitrogens is 3. The van der Waals surface area contributed by atoms with Crippen molar-refractivity contribution in [3.05, 3.63) is 59.0 Å². The molecule has 154 valence electrons. The second-order valence-electron chi connectivity index (χ2n) is 6.69. The molecule has 0 N–H and O–H groups in total. The Morgan fingerprint density at radius 1 is 1.07 bits per heavy atom. The largest absolute Gasteiger partial charge is 0.403 e. The molecule has 2 heterocycles. The van der Waals surface area contributed by atoms with E-state index in [1.807, 2.05) is 35.0 Å². The summed E-state index contributed by atoms with van der Waals surface area (Å²) in [5.41, 5.74) is 2.16. The molecule has 10 nitrogen and oxygen atoms in total. The summed E-state index contributed by atoms with van der Waals surface area (Å²) < 4.78 is 38.3. The third kappa shape index (κ3) is 5.46. The molecular weight excluding hydrogens is 404 g/mol. The summed E-state index contributed by atoms with van der Waals surface area (Å²) >= 11 is 0. The van der Waals surface area contributed by atoms with Gasteiger partial charge in [-0.25, -0.2) is 27.6 Å². The van der Waals surface area contributed by atoms with Gasteiger partial charge in [0.05, 0.1) is 17.2 Å². The van der Waals surface area contributed by atoms with Crippen LogP contribution in [0.25, 0.3) is 17.0 Å². The lowest BCUT2D eigenvalue weighted by atomic mass is 9.95. The lowest BCUT2D eigenvalue weighted by Crippen LogP contribution is -2.68. The van der Waals surface area contributed by atoms with Gasteiger partial charge in [-0.05, 0) is 37.8 Å². The summed E-state index contributed by atoms with van der Waals surface area (Å²) in [6.07, 6.45) is 12.0. The molecule has 1 aromatic carbocycles. The zero-order valence-electron chi connectivity index (χ0n) is 15.3. The fourth-order valence-corrected chi connectivity index (χ4v) is 3.63. The van der Waals surface area contributed by atoms with Crippen LogP contribution in [0.4, 0.5) is 5.69 Å². The van der Waals surface area contributed by atoms with Gasteiger partial charge in [0.15, 0.2) is 0 Å². The van der Waals surface area contributed by atoms with E-state index in [4.69, 9.17) is 18.6 Å². The lowest BCUT2D eigenvalue weighted by Gasteiger charge is -2.21. The van der Waals surface area contributed by atoms with Crippen LogP contribution >= 0.6 is 0 Å². The molecule has 1 fully saturated rings. The Morgan fingerprint density at radius 2 is 1.69 bits per heavy atom. The number of nitrogens with zero attached hydrogens (tertiary/aromatic N) is 4. The van der Waals surface area contributed by atoms with Crippen LogP contribution in [0.3, 0.4) is 0 Å². The molecule has 1 aliphatic rings. The number of nitro groups is 1. The van der Waals surface area contributed by atoms with Crippen LogP contribution in [-0.2, 0) is 0 Å². The summed E-state index contributed by atoms with van der Waals surface area (Å²) in [7, 11) is -4.94. The number of imidazole rings is 1. The molecule has 3 aromatic rings. The molecule has 0 spiro atoms. The molecule has 0 bridgehead atoms. The second kappa shape index (κ2) is 8.80. The normalized spacial score (nSPS) is 15.0. The number of hydrogen-bond acceptors (Lipinski definition) is 7. The van der Waals surface area contributed by atoms with Gasteiger partial charge in [-0.15, -0.1) is 10.2 Å². The van der Waals surface area contributed by atoms with Crippen molar-refractivity contribution in [2.45, 2.75) is 38.1 Å². The summed E-state index contributed by atoms with van der Waals surface area (Å²) in [5, 5.41) is 10.9. The van der Waals surface area contributed by atoms with Crippen molar-refractivity contribution in [3.8, 4) is 11.3 Å². The van der Waals surface area contributed by atoms with Gasteiger partial charge in [-0.3, -0.25) is 10.1 Å². The summed E-state index contributed by atoms with van der Waals surface area (Å²) in [6, 6.07) is 9.13. The van der Waals surface area contributed by atoms with Crippen molar-refractivity contribution in [1.29, 1.82) is 0 Å². The molecule has 4 rings (SSSR count). The minimum Gasteiger partial charge on any atom is -0.258 e. The average Bonchev–Trinajstić information content (AvgIpc) is 3.07. The van der Waals surface area contributed by atoms with E-state index < -0.39 is 10.2 Å². The standard InChI is InChI=1S/C18H19N4O2.ClHO4/c23-22(24)16-9-7-14(8-10-16)17-13-20-12-4-11-19-18(20)21(17)15-5-2-1-3-6-15;2-1(3,4)5/h4,7-13,15H,1-3,5-6H2;(H,2,3,4,5)/q+1;/p-1. The van der Waals surface area contributed by atoms with E-state index in [0.29, 0.717) is 6.04 Å². The molecule has 0 amide bonds. The lowest BCUT2D eigenvalue weighted by molar-refractivity contribution is -2.00. The predicted octanol–water partition coefficient (Wildman–Crippen LogP) is -1.05. The zero-order valence-corrected chi connectivity index (χ0v) is 16.1. The van der Waals surface area contributed by atoms with Gasteiger partial charge < -0.3 is 0 Å². The molecule has 0 unspecified atom stereocenters. The van der Waals surface area contributed by atoms with Crippen LogP contribution in [0.15, 0.2) is 48.9 Å². The highest BCUT2D eigenvalue weighted by Crippen LogP contribution is 2.33. The fraction of sp³-hybridized carbons (Fsp3) is 0.333. The van der Waals surface area contributed by atoms with Crippen LogP contribution in [0, 0.1) is 20.4 Å². The first-order valence-corrected chi connectivity index (χ1v) is 10.2. The van der Waals surface area contributed by atoms with E-state index in [9.17, 15) is 10.1 Å². The predicted molar refractivity (Wildman–Crippen MR) is 89.6 cm³/mol. The van der Waals surface area contributed by atoms with Crippen LogP contribution in [0.5, 0.6) is 0 Å². The Bertz CT molecular complexity index is 974. The molecule has 2 aromatic heterocycles. The van der Waals surface area contributed by atoms with Crippen molar-refractivity contribution in [3.63, 3.8) is 0 Å².